The summed E-state index contributed by atoms with van der Waals surface area (Å²) in [5.74, 6) is 0.437. The topological polar surface area (TPSA) is 58.6 Å². The Labute approximate surface area is 184 Å². The molecule has 1 aliphatic heterocycles. The van der Waals surface area contributed by atoms with E-state index in [9.17, 15) is 9.59 Å². The molecule has 1 aliphatic rings. The summed E-state index contributed by atoms with van der Waals surface area (Å²) < 4.78 is 6.13. The van der Waals surface area contributed by atoms with Gasteiger partial charge in [-0.25, -0.2) is 0 Å². The number of thiophene rings is 1. The number of likely N-dealkylation sites (tertiary alicyclic amines) is 1. The monoisotopic (exact) mass is 442 g/mol. The van der Waals surface area contributed by atoms with E-state index >= 15 is 0 Å². The highest BCUT2D eigenvalue weighted by Crippen LogP contribution is 2.37. The SMILES string of the molecule is COc1ccc2c(Cl)c(C(=O)Nc3cccc(C(=O)N4CCCCCC4)c3)sc2c1. The van der Waals surface area contributed by atoms with Crippen LogP contribution >= 0.6 is 22.9 Å². The molecule has 0 bridgehead atoms. The molecule has 30 heavy (non-hydrogen) atoms. The van der Waals surface area contributed by atoms with Crippen molar-refractivity contribution < 1.29 is 14.3 Å². The van der Waals surface area contributed by atoms with E-state index in [1.165, 1.54) is 24.2 Å². The van der Waals surface area contributed by atoms with E-state index in [-0.39, 0.29) is 11.8 Å². The molecule has 1 aromatic heterocycles. The summed E-state index contributed by atoms with van der Waals surface area (Å²) in [4.78, 5) is 28.1. The third-order valence-electron chi connectivity index (χ3n) is 5.30. The van der Waals surface area contributed by atoms with Crippen LogP contribution in [0.4, 0.5) is 5.69 Å². The average Bonchev–Trinajstić information content (AvgIpc) is 2.93. The minimum Gasteiger partial charge on any atom is -0.497 e. The van der Waals surface area contributed by atoms with E-state index in [0.717, 1.165) is 36.0 Å². The van der Waals surface area contributed by atoms with Gasteiger partial charge in [0.2, 0.25) is 0 Å². The zero-order chi connectivity index (χ0) is 21.1. The quantitative estimate of drug-likeness (QED) is 0.552. The summed E-state index contributed by atoms with van der Waals surface area (Å²) in [6.45, 7) is 1.58. The van der Waals surface area contributed by atoms with Gasteiger partial charge in [-0.2, -0.15) is 0 Å². The van der Waals surface area contributed by atoms with Gasteiger partial charge < -0.3 is 15.0 Å². The standard InChI is InChI=1S/C23H23ClN2O3S/c1-29-17-9-10-18-19(14-17)30-21(20(18)24)22(27)25-16-8-6-7-15(13-16)23(28)26-11-4-2-3-5-12-26/h6-10,13-14H,2-5,11-12H2,1H3,(H,25,27). The maximum absolute atomic E-state index is 12.9. The van der Waals surface area contributed by atoms with Gasteiger partial charge in [-0.3, -0.25) is 9.59 Å². The molecule has 0 unspecified atom stereocenters. The Bertz CT molecular complexity index is 1090. The predicted molar refractivity (Wildman–Crippen MR) is 122 cm³/mol. The Morgan fingerprint density at radius 3 is 2.57 bits per heavy atom. The molecule has 0 radical (unpaired) electrons. The lowest BCUT2D eigenvalue weighted by molar-refractivity contribution is 0.0761. The number of anilines is 1. The first-order valence-electron chi connectivity index (χ1n) is 10.0. The highest BCUT2D eigenvalue weighted by Gasteiger charge is 2.20. The van der Waals surface area contributed by atoms with Crippen molar-refractivity contribution in [2.24, 2.45) is 0 Å². The van der Waals surface area contributed by atoms with Gasteiger partial charge in [0.15, 0.2) is 0 Å². The number of nitrogens with zero attached hydrogens (tertiary/aromatic N) is 1. The van der Waals surface area contributed by atoms with Gasteiger partial charge in [-0.05, 0) is 49.2 Å². The maximum Gasteiger partial charge on any atom is 0.267 e. The number of hydrogen-bond donors (Lipinski definition) is 1. The molecule has 156 valence electrons. The van der Waals surface area contributed by atoms with Gasteiger partial charge in [0.25, 0.3) is 11.8 Å². The van der Waals surface area contributed by atoms with Crippen molar-refractivity contribution in [2.75, 3.05) is 25.5 Å². The molecule has 5 nitrogen and oxygen atoms in total. The van der Waals surface area contributed by atoms with Crippen LogP contribution in [0.25, 0.3) is 10.1 Å². The van der Waals surface area contributed by atoms with E-state index in [0.29, 0.717) is 26.9 Å². The van der Waals surface area contributed by atoms with Crippen LogP contribution < -0.4 is 10.1 Å². The Morgan fingerprint density at radius 1 is 1.07 bits per heavy atom. The number of benzene rings is 2. The zero-order valence-electron chi connectivity index (χ0n) is 16.7. The number of amides is 2. The Hall–Kier alpha value is -2.57. The van der Waals surface area contributed by atoms with Crippen LogP contribution in [0.5, 0.6) is 5.75 Å². The van der Waals surface area contributed by atoms with Crippen molar-refractivity contribution in [2.45, 2.75) is 25.7 Å². The average molecular weight is 443 g/mol. The number of nitrogens with one attached hydrogen (secondary N) is 1. The zero-order valence-corrected chi connectivity index (χ0v) is 18.3. The van der Waals surface area contributed by atoms with Crippen molar-refractivity contribution in [3.05, 3.63) is 57.9 Å². The Balaban J connectivity index is 1.54. The number of carbonyl (C=O) groups excluding carboxylic acids is 2. The highest BCUT2D eigenvalue weighted by molar-refractivity contribution is 7.21. The van der Waals surface area contributed by atoms with Gasteiger partial charge in [-0.15, -0.1) is 11.3 Å². The lowest BCUT2D eigenvalue weighted by Crippen LogP contribution is -2.31. The molecule has 2 aromatic carbocycles. The molecule has 4 rings (SSSR count). The molecule has 1 saturated heterocycles. The van der Waals surface area contributed by atoms with Crippen molar-refractivity contribution in [1.29, 1.82) is 0 Å². The normalized spacial score (nSPS) is 14.4. The van der Waals surface area contributed by atoms with Crippen molar-refractivity contribution in [1.82, 2.24) is 4.90 Å². The lowest BCUT2D eigenvalue weighted by Gasteiger charge is -2.20. The minimum atomic E-state index is -0.292. The number of ether oxygens (including phenoxy) is 1. The van der Waals surface area contributed by atoms with Gasteiger partial charge in [0.1, 0.15) is 10.6 Å². The number of rotatable bonds is 4. The molecule has 3 aromatic rings. The first-order chi connectivity index (χ1) is 14.6. The van der Waals surface area contributed by atoms with Gasteiger partial charge in [0.05, 0.1) is 12.1 Å². The molecule has 7 heteroatoms. The maximum atomic E-state index is 12.9. The van der Waals surface area contributed by atoms with E-state index < -0.39 is 0 Å². The molecule has 0 saturated carbocycles. The predicted octanol–water partition coefficient (Wildman–Crippen LogP) is 5.83. The Kier molecular flexibility index (Phi) is 6.25. The van der Waals surface area contributed by atoms with Crippen LogP contribution in [0.15, 0.2) is 42.5 Å². The number of methoxy groups -OCH3 is 1. The summed E-state index contributed by atoms with van der Waals surface area (Å²) in [6, 6.07) is 12.6. The molecular weight excluding hydrogens is 420 g/mol. The van der Waals surface area contributed by atoms with Crippen molar-refractivity contribution >= 4 is 50.5 Å². The number of fused-ring (bicyclic) bond motifs is 1. The van der Waals surface area contributed by atoms with Gasteiger partial charge in [0, 0.05) is 34.4 Å². The fourth-order valence-electron chi connectivity index (χ4n) is 3.69. The second-order valence-corrected chi connectivity index (χ2v) is 8.78. The molecule has 0 atom stereocenters. The van der Waals surface area contributed by atoms with Crippen molar-refractivity contribution in [3.8, 4) is 5.75 Å². The van der Waals surface area contributed by atoms with Crippen LogP contribution in [0.1, 0.15) is 45.7 Å². The summed E-state index contributed by atoms with van der Waals surface area (Å²) in [7, 11) is 1.60. The highest BCUT2D eigenvalue weighted by atomic mass is 35.5. The molecule has 0 aliphatic carbocycles. The van der Waals surface area contributed by atoms with E-state index in [4.69, 9.17) is 16.3 Å². The van der Waals surface area contributed by atoms with Crippen LogP contribution in [-0.4, -0.2) is 36.9 Å². The van der Waals surface area contributed by atoms with Gasteiger partial charge >= 0.3 is 0 Å². The van der Waals surface area contributed by atoms with Crippen molar-refractivity contribution in [3.63, 3.8) is 0 Å². The van der Waals surface area contributed by atoms with Gasteiger partial charge in [-0.1, -0.05) is 30.5 Å². The lowest BCUT2D eigenvalue weighted by atomic mass is 10.1. The summed E-state index contributed by atoms with van der Waals surface area (Å²) in [6.07, 6.45) is 4.41. The van der Waals surface area contributed by atoms with Crippen LogP contribution in [-0.2, 0) is 0 Å². The van der Waals surface area contributed by atoms with E-state index in [1.54, 1.807) is 31.4 Å². The molecular formula is C23H23ClN2O3S. The molecule has 1 N–H and O–H groups in total. The second kappa shape index (κ2) is 9.06. The second-order valence-electron chi connectivity index (χ2n) is 7.35. The van der Waals surface area contributed by atoms with Crippen LogP contribution in [0.2, 0.25) is 5.02 Å². The summed E-state index contributed by atoms with van der Waals surface area (Å²) in [5.41, 5.74) is 1.16. The number of hydrogen-bond acceptors (Lipinski definition) is 4. The van der Waals surface area contributed by atoms with Crippen LogP contribution in [0.3, 0.4) is 0 Å². The number of halogens is 1. The third kappa shape index (κ3) is 4.30. The Morgan fingerprint density at radius 2 is 1.83 bits per heavy atom. The molecule has 0 spiro atoms. The van der Waals surface area contributed by atoms with E-state index in [1.807, 2.05) is 23.1 Å². The molecule has 2 amide bonds. The van der Waals surface area contributed by atoms with E-state index in [2.05, 4.69) is 5.32 Å². The number of carbonyl (C=O) groups is 2. The first kappa shape index (κ1) is 20.7. The largest absolute Gasteiger partial charge is 0.497 e. The fraction of sp³-hybridized carbons (Fsp3) is 0.304. The first-order valence-corrected chi connectivity index (χ1v) is 11.2. The smallest absolute Gasteiger partial charge is 0.267 e. The minimum absolute atomic E-state index is 0.0139. The fourth-order valence-corrected chi connectivity index (χ4v) is 5.13. The molecule has 2 heterocycles. The third-order valence-corrected chi connectivity index (χ3v) is 6.96. The summed E-state index contributed by atoms with van der Waals surface area (Å²) >= 11 is 7.78. The van der Waals surface area contributed by atoms with Crippen LogP contribution in [0, 0.1) is 0 Å². The summed E-state index contributed by atoms with van der Waals surface area (Å²) in [5, 5.41) is 4.12. The molecule has 1 fully saturated rings.